The van der Waals surface area contributed by atoms with Crippen LogP contribution in [0.25, 0.3) is 44.3 Å². The van der Waals surface area contributed by atoms with Gasteiger partial charge in [0.2, 0.25) is 0 Å². The van der Waals surface area contributed by atoms with Gasteiger partial charge in [-0.3, -0.25) is 9.97 Å². The molecule has 58 heavy (non-hydrogen) atoms. The van der Waals surface area contributed by atoms with Crippen molar-refractivity contribution in [2.75, 3.05) is 7.11 Å². The van der Waals surface area contributed by atoms with E-state index in [-0.39, 0.29) is 33.6 Å². The van der Waals surface area contributed by atoms with E-state index in [0.717, 1.165) is 37.3 Å². The quantitative estimate of drug-likeness (QED) is 0.126. The molecule has 2 fully saturated rings. The number of H-pyrrole nitrogens is 2. The van der Waals surface area contributed by atoms with Crippen molar-refractivity contribution in [3.05, 3.63) is 130 Å². The molecule has 0 atom stereocenters. The highest BCUT2D eigenvalue weighted by atomic mass is 19.1. The summed E-state index contributed by atoms with van der Waals surface area (Å²) in [6.07, 6.45) is 7.28. The zero-order valence-electron chi connectivity index (χ0n) is 32.3. The van der Waals surface area contributed by atoms with E-state index >= 15 is 8.78 Å². The Morgan fingerprint density at radius 3 is 1.67 bits per heavy atom. The number of carbonyl (C=O) groups is 1. The lowest BCUT2D eigenvalue weighted by molar-refractivity contribution is 0.0597. The van der Waals surface area contributed by atoms with Crippen molar-refractivity contribution in [2.45, 2.75) is 70.8 Å². The van der Waals surface area contributed by atoms with E-state index in [9.17, 15) is 9.90 Å². The number of hydrogen-bond acceptors (Lipinski definition) is 11. The number of esters is 1. The molecule has 6 aromatic heterocycles. The fourth-order valence-electron chi connectivity index (χ4n) is 7.65. The van der Waals surface area contributed by atoms with E-state index in [0.29, 0.717) is 67.9 Å². The lowest BCUT2D eigenvalue weighted by atomic mass is 9.83. The van der Waals surface area contributed by atoms with Gasteiger partial charge in [0.15, 0.2) is 5.60 Å². The number of ether oxygens (including phenoxy) is 1. The first-order valence-electron chi connectivity index (χ1n) is 18.9. The minimum atomic E-state index is -1.99. The number of halogens is 2. The van der Waals surface area contributed by atoms with E-state index in [1.165, 1.54) is 7.11 Å². The Hall–Kier alpha value is -6.61. The lowest BCUT2D eigenvalue weighted by Crippen LogP contribution is -2.33. The topological polar surface area (TPSA) is 182 Å². The van der Waals surface area contributed by atoms with Crippen molar-refractivity contribution in [1.29, 1.82) is 0 Å². The smallest absolute Gasteiger partial charge is 0.343 e. The molecule has 2 aliphatic rings. The van der Waals surface area contributed by atoms with Crippen LogP contribution < -0.4 is 0 Å². The van der Waals surface area contributed by atoms with E-state index in [1.54, 1.807) is 88.6 Å². The molecule has 0 saturated heterocycles. The molecule has 2 aliphatic carbocycles. The van der Waals surface area contributed by atoms with Crippen molar-refractivity contribution in [3.63, 3.8) is 0 Å². The number of aromatic amines is 2. The summed E-state index contributed by atoms with van der Waals surface area (Å²) in [5.74, 6) is 1.18. The van der Waals surface area contributed by atoms with Gasteiger partial charge in [0.1, 0.15) is 45.9 Å². The molecule has 0 amide bonds. The Morgan fingerprint density at radius 1 is 0.759 bits per heavy atom. The number of carbonyl (C=O) groups excluding carboxylic acids is 1. The molecule has 0 radical (unpaired) electrons. The Bertz CT molecular complexity index is 2780. The van der Waals surface area contributed by atoms with E-state index in [4.69, 9.17) is 18.8 Å². The van der Waals surface area contributed by atoms with Gasteiger partial charge in [-0.15, -0.1) is 0 Å². The maximum atomic E-state index is 16.7. The third-order valence-corrected chi connectivity index (χ3v) is 10.8. The van der Waals surface area contributed by atoms with E-state index in [1.807, 2.05) is 0 Å². The third-order valence-electron chi connectivity index (χ3n) is 10.8. The number of fused-ring (bicyclic) bond motifs is 2. The van der Waals surface area contributed by atoms with Gasteiger partial charge in [-0.2, -0.15) is 0 Å². The number of nitrogens with zero attached hydrogens (tertiary/aromatic N) is 6. The molecule has 10 rings (SSSR count). The number of pyridine rings is 2. The summed E-state index contributed by atoms with van der Waals surface area (Å²) in [7, 11) is 1.23. The van der Waals surface area contributed by atoms with Gasteiger partial charge in [0.25, 0.3) is 0 Å². The van der Waals surface area contributed by atoms with Crippen LogP contribution >= 0.6 is 0 Å². The molecule has 2 saturated carbocycles. The summed E-state index contributed by atoms with van der Waals surface area (Å²) in [6, 6.07) is 13.7. The number of imidazole rings is 2. The molecular weight excluding hydrogens is 747 g/mol. The molecule has 294 valence electrons. The van der Waals surface area contributed by atoms with Crippen molar-refractivity contribution in [1.82, 2.24) is 40.2 Å². The van der Waals surface area contributed by atoms with Crippen LogP contribution in [-0.4, -0.2) is 58.4 Å². The fourth-order valence-corrected chi connectivity index (χ4v) is 7.65. The van der Waals surface area contributed by atoms with Gasteiger partial charge in [0, 0.05) is 35.4 Å². The minimum Gasteiger partial charge on any atom is -0.465 e. The number of nitrogens with one attached hydrogen (secondary N) is 2. The Labute approximate surface area is 329 Å². The largest absolute Gasteiger partial charge is 0.465 e. The maximum absolute atomic E-state index is 16.7. The Morgan fingerprint density at radius 2 is 1.24 bits per heavy atom. The number of aromatic nitrogens is 8. The van der Waals surface area contributed by atoms with Crippen LogP contribution in [-0.2, 0) is 10.3 Å². The normalized spacial score (nSPS) is 14.2. The SMILES string of the molecule is COC(=O)c1c(F)c(-c2c(C)noc2C)cc2[nH]c(C3CC3)nc12.Cc1noc(C)c1-c1cc2[nH]c(C3CC3)nc2c(C(O)(c2ccccn2)c2ccccn2)c1F. The molecule has 15 heteroatoms. The Kier molecular flexibility index (Phi) is 8.99. The Balaban J connectivity index is 0.000000160. The number of aliphatic hydroxyl groups is 1. The molecule has 0 spiro atoms. The second kappa shape index (κ2) is 14.1. The van der Waals surface area contributed by atoms with Crippen molar-refractivity contribution in [2.24, 2.45) is 0 Å². The fraction of sp³-hybridized carbons (Fsp3) is 0.279. The maximum Gasteiger partial charge on any atom is 0.343 e. The second-order valence-electron chi connectivity index (χ2n) is 14.8. The zero-order valence-corrected chi connectivity index (χ0v) is 32.3. The average molecular weight is 785 g/mol. The van der Waals surface area contributed by atoms with Crippen LogP contribution in [0.3, 0.4) is 0 Å². The average Bonchev–Trinajstić information content (AvgIpc) is 4.13. The van der Waals surface area contributed by atoms with Gasteiger partial charge in [-0.25, -0.2) is 23.5 Å². The van der Waals surface area contributed by atoms with Crippen LogP contribution in [0.5, 0.6) is 0 Å². The standard InChI is InChI=1S/C26H22FN5O2.C17H16FN3O3/c1-14-21(15(2)34-32-14)17-13-18-24(31-25(30-18)16-9-10-16)22(23(17)27)26(33,19-7-3-5-11-28-19)20-8-4-6-12-29-20;1-7-12(8(2)24-21-7)10-6-11-15(13(14(10)18)17(22)23-3)20-16(19-11)9-4-5-9/h3-8,11-13,16,33H,9-10H2,1-2H3,(H,30,31);6,9H,4-5H2,1-3H3,(H,19,20). The van der Waals surface area contributed by atoms with E-state index < -0.39 is 23.2 Å². The lowest BCUT2D eigenvalue weighted by Gasteiger charge is -2.29. The number of methoxy groups -OCH3 is 1. The van der Waals surface area contributed by atoms with Crippen LogP contribution in [0, 0.1) is 39.3 Å². The molecule has 8 aromatic rings. The van der Waals surface area contributed by atoms with E-state index in [2.05, 4.69) is 35.2 Å². The minimum absolute atomic E-state index is 0.000509. The third kappa shape index (κ3) is 6.13. The van der Waals surface area contributed by atoms with Crippen LogP contribution in [0.2, 0.25) is 0 Å². The first kappa shape index (κ1) is 37.0. The van der Waals surface area contributed by atoms with Gasteiger partial charge < -0.3 is 28.9 Å². The van der Waals surface area contributed by atoms with Crippen molar-refractivity contribution >= 4 is 28.0 Å². The van der Waals surface area contributed by atoms with Gasteiger partial charge >= 0.3 is 5.97 Å². The molecule has 6 heterocycles. The summed E-state index contributed by atoms with van der Waals surface area (Å²) in [4.78, 5) is 36.8. The molecule has 0 bridgehead atoms. The number of aryl methyl sites for hydroxylation is 4. The highest BCUT2D eigenvalue weighted by Gasteiger charge is 2.43. The van der Waals surface area contributed by atoms with Crippen LogP contribution in [0.1, 0.15) is 99.4 Å². The van der Waals surface area contributed by atoms with Gasteiger partial charge in [0.05, 0.1) is 63.1 Å². The first-order valence-corrected chi connectivity index (χ1v) is 18.9. The first-order chi connectivity index (χ1) is 28.0. The van der Waals surface area contributed by atoms with Crippen LogP contribution in [0.15, 0.2) is 70.0 Å². The molecule has 2 aromatic carbocycles. The molecule has 0 unspecified atom stereocenters. The number of rotatable bonds is 8. The molecular formula is C43H38F2N8O5. The highest BCUT2D eigenvalue weighted by molar-refractivity contribution is 6.04. The molecule has 0 aliphatic heterocycles. The predicted octanol–water partition coefficient (Wildman–Crippen LogP) is 8.56. The number of benzene rings is 2. The monoisotopic (exact) mass is 784 g/mol. The second-order valence-corrected chi connectivity index (χ2v) is 14.8. The summed E-state index contributed by atoms with van der Waals surface area (Å²) in [5.41, 5.74) is 2.98. The van der Waals surface area contributed by atoms with Gasteiger partial charge in [-0.05, 0) is 89.8 Å². The van der Waals surface area contributed by atoms with Crippen molar-refractivity contribution in [3.8, 4) is 22.3 Å². The highest BCUT2D eigenvalue weighted by Crippen LogP contribution is 2.46. The van der Waals surface area contributed by atoms with Crippen molar-refractivity contribution < 1.29 is 32.5 Å². The summed E-state index contributed by atoms with van der Waals surface area (Å²) in [6.45, 7) is 6.95. The molecule has 3 N–H and O–H groups in total. The predicted molar refractivity (Wildman–Crippen MR) is 208 cm³/mol. The van der Waals surface area contributed by atoms with Gasteiger partial charge in [-0.1, -0.05) is 22.4 Å². The summed E-state index contributed by atoms with van der Waals surface area (Å²) in [5, 5.41) is 20.2. The van der Waals surface area contributed by atoms with Crippen LogP contribution in [0.4, 0.5) is 8.78 Å². The zero-order chi connectivity index (χ0) is 40.5. The molecule has 13 nitrogen and oxygen atoms in total. The summed E-state index contributed by atoms with van der Waals surface area (Å²) < 4.78 is 47.1. The number of hydrogen-bond donors (Lipinski definition) is 3. The summed E-state index contributed by atoms with van der Waals surface area (Å²) >= 11 is 0.